The van der Waals surface area contributed by atoms with Gasteiger partial charge in [0.25, 0.3) is 0 Å². The summed E-state index contributed by atoms with van der Waals surface area (Å²) in [6.45, 7) is 1.56. The molecule has 0 atom stereocenters. The molecule has 110 valence electrons. The minimum absolute atomic E-state index is 0.118. The van der Waals surface area contributed by atoms with Crippen molar-refractivity contribution in [3.8, 4) is 5.75 Å². The lowest BCUT2D eigenvalue weighted by Crippen LogP contribution is -2.18. The summed E-state index contributed by atoms with van der Waals surface area (Å²) in [6.07, 6.45) is 0.118. The molecule has 2 aromatic rings. The molecule has 2 rings (SSSR count). The van der Waals surface area contributed by atoms with Gasteiger partial charge in [0.2, 0.25) is 0 Å². The molecule has 0 saturated carbocycles. The van der Waals surface area contributed by atoms with Crippen molar-refractivity contribution in [3.63, 3.8) is 0 Å². The van der Waals surface area contributed by atoms with E-state index in [4.69, 9.17) is 9.84 Å². The lowest BCUT2D eigenvalue weighted by molar-refractivity contribution is -0.136. The maximum atomic E-state index is 10.5. The van der Waals surface area contributed by atoms with Crippen molar-refractivity contribution in [2.24, 2.45) is 0 Å². The first-order valence-corrected chi connectivity index (χ1v) is 6.93. The molecule has 4 heteroatoms. The Morgan fingerprint density at radius 1 is 1.05 bits per heavy atom. The number of nitrogens with one attached hydrogen (secondary N) is 1. The molecule has 4 nitrogen and oxygen atoms in total. The first kappa shape index (κ1) is 15.1. The van der Waals surface area contributed by atoms with Crippen molar-refractivity contribution >= 4 is 5.97 Å². The Morgan fingerprint density at radius 2 is 1.76 bits per heavy atom. The van der Waals surface area contributed by atoms with Crippen LogP contribution in [0.1, 0.15) is 17.5 Å². The van der Waals surface area contributed by atoms with Crippen molar-refractivity contribution in [1.29, 1.82) is 0 Å². The van der Waals surface area contributed by atoms with Crippen LogP contribution in [-0.2, 0) is 17.9 Å². The van der Waals surface area contributed by atoms with Gasteiger partial charge in [0.05, 0.1) is 6.42 Å². The van der Waals surface area contributed by atoms with Gasteiger partial charge in [0, 0.05) is 18.7 Å². The van der Waals surface area contributed by atoms with Gasteiger partial charge in [0.15, 0.2) is 0 Å². The second-order valence-corrected chi connectivity index (χ2v) is 4.70. The Labute approximate surface area is 124 Å². The second kappa shape index (κ2) is 8.07. The highest BCUT2D eigenvalue weighted by atomic mass is 16.5. The Bertz CT molecular complexity index is 569. The van der Waals surface area contributed by atoms with Gasteiger partial charge >= 0.3 is 5.97 Å². The van der Waals surface area contributed by atoms with E-state index >= 15 is 0 Å². The predicted octanol–water partition coefficient (Wildman–Crippen LogP) is 2.83. The first-order valence-electron chi connectivity index (χ1n) is 6.93. The van der Waals surface area contributed by atoms with Crippen LogP contribution in [0.3, 0.4) is 0 Å². The van der Waals surface area contributed by atoms with Gasteiger partial charge in [-0.3, -0.25) is 4.79 Å². The molecule has 0 amide bonds. The van der Waals surface area contributed by atoms with Gasteiger partial charge in [-0.15, -0.1) is 0 Å². The van der Waals surface area contributed by atoms with Crippen LogP contribution in [-0.4, -0.2) is 17.6 Å². The smallest absolute Gasteiger partial charge is 0.304 e. The maximum Gasteiger partial charge on any atom is 0.304 e. The summed E-state index contributed by atoms with van der Waals surface area (Å²) in [6, 6.07) is 17.8. The van der Waals surface area contributed by atoms with E-state index in [1.807, 2.05) is 54.6 Å². The Morgan fingerprint density at radius 3 is 2.52 bits per heavy atom. The van der Waals surface area contributed by atoms with E-state index in [0.29, 0.717) is 19.7 Å². The number of aliphatic carboxylic acids is 1. The second-order valence-electron chi connectivity index (χ2n) is 4.70. The molecule has 0 bridgehead atoms. The fourth-order valence-electron chi connectivity index (χ4n) is 1.94. The Kier molecular flexibility index (Phi) is 5.79. The number of para-hydroxylation sites is 1. The van der Waals surface area contributed by atoms with E-state index in [2.05, 4.69) is 5.32 Å². The number of carboxylic acids is 1. The van der Waals surface area contributed by atoms with Gasteiger partial charge in [-0.2, -0.15) is 0 Å². The first-order chi connectivity index (χ1) is 10.3. The van der Waals surface area contributed by atoms with Gasteiger partial charge in [-0.25, -0.2) is 0 Å². The lowest BCUT2D eigenvalue weighted by Gasteiger charge is -2.12. The maximum absolute atomic E-state index is 10.5. The zero-order valence-electron chi connectivity index (χ0n) is 11.8. The molecule has 0 aliphatic heterocycles. The molecule has 0 aliphatic rings. The molecule has 21 heavy (non-hydrogen) atoms. The standard InChI is InChI=1S/C17H19NO3/c19-17(20)10-11-18-12-15-8-4-5-9-16(15)21-13-14-6-2-1-3-7-14/h1-9,18H,10-13H2,(H,19,20). The van der Waals surface area contributed by atoms with Gasteiger partial charge < -0.3 is 15.2 Å². The largest absolute Gasteiger partial charge is 0.489 e. The average Bonchev–Trinajstić information content (AvgIpc) is 2.51. The van der Waals surface area contributed by atoms with E-state index in [1.54, 1.807) is 0 Å². The number of hydrogen-bond donors (Lipinski definition) is 2. The van der Waals surface area contributed by atoms with Crippen molar-refractivity contribution in [2.75, 3.05) is 6.54 Å². The summed E-state index contributed by atoms with van der Waals surface area (Å²) in [7, 11) is 0. The summed E-state index contributed by atoms with van der Waals surface area (Å²) >= 11 is 0. The van der Waals surface area contributed by atoms with Crippen LogP contribution in [0, 0.1) is 0 Å². The summed E-state index contributed by atoms with van der Waals surface area (Å²) in [4.78, 5) is 10.5. The van der Waals surface area contributed by atoms with Gasteiger partial charge in [-0.05, 0) is 11.6 Å². The molecular weight excluding hydrogens is 266 g/mol. The monoisotopic (exact) mass is 285 g/mol. The zero-order valence-corrected chi connectivity index (χ0v) is 11.8. The van der Waals surface area contributed by atoms with Crippen LogP contribution >= 0.6 is 0 Å². The molecule has 0 spiro atoms. The molecule has 0 saturated heterocycles. The summed E-state index contributed by atoms with van der Waals surface area (Å²) in [5, 5.41) is 11.7. The molecule has 0 aliphatic carbocycles. The van der Waals surface area contributed by atoms with Gasteiger partial charge in [-0.1, -0.05) is 48.5 Å². The average molecular weight is 285 g/mol. The minimum atomic E-state index is -0.795. The van der Waals surface area contributed by atoms with Gasteiger partial charge in [0.1, 0.15) is 12.4 Å². The number of ether oxygens (including phenoxy) is 1. The zero-order chi connectivity index (χ0) is 14.9. The van der Waals surface area contributed by atoms with E-state index in [9.17, 15) is 4.79 Å². The molecule has 2 aromatic carbocycles. The highest BCUT2D eigenvalue weighted by Gasteiger charge is 2.04. The quantitative estimate of drug-likeness (QED) is 0.732. The molecule has 0 heterocycles. The number of carbonyl (C=O) groups is 1. The summed E-state index contributed by atoms with van der Waals surface area (Å²) in [5.41, 5.74) is 2.14. The molecule has 0 fully saturated rings. The summed E-state index contributed by atoms with van der Waals surface area (Å²) < 4.78 is 5.85. The Balaban J connectivity index is 1.89. The fourth-order valence-corrected chi connectivity index (χ4v) is 1.94. The van der Waals surface area contributed by atoms with E-state index < -0.39 is 5.97 Å². The molecule has 0 aromatic heterocycles. The van der Waals surface area contributed by atoms with Crippen molar-refractivity contribution in [2.45, 2.75) is 19.6 Å². The van der Waals surface area contributed by atoms with E-state index in [1.165, 1.54) is 0 Å². The van der Waals surface area contributed by atoms with Crippen LogP contribution in [0.4, 0.5) is 0 Å². The number of benzene rings is 2. The molecule has 2 N–H and O–H groups in total. The molecule has 0 radical (unpaired) electrons. The normalized spacial score (nSPS) is 10.3. The number of rotatable bonds is 8. The topological polar surface area (TPSA) is 58.6 Å². The third kappa shape index (κ3) is 5.28. The minimum Gasteiger partial charge on any atom is -0.489 e. The number of carboxylic acid groups (broad SMARTS) is 1. The summed E-state index contributed by atoms with van der Waals surface area (Å²) in [5.74, 6) is 0.0280. The Hall–Kier alpha value is -2.33. The third-order valence-electron chi connectivity index (χ3n) is 3.04. The van der Waals surface area contributed by atoms with Crippen LogP contribution in [0.15, 0.2) is 54.6 Å². The SMILES string of the molecule is O=C(O)CCNCc1ccccc1OCc1ccccc1. The van der Waals surface area contributed by atoms with Crippen LogP contribution in [0.25, 0.3) is 0 Å². The van der Waals surface area contributed by atoms with Crippen LogP contribution in [0.5, 0.6) is 5.75 Å². The van der Waals surface area contributed by atoms with Crippen molar-refractivity contribution in [1.82, 2.24) is 5.32 Å². The number of hydrogen-bond acceptors (Lipinski definition) is 3. The third-order valence-corrected chi connectivity index (χ3v) is 3.04. The van der Waals surface area contributed by atoms with Crippen molar-refractivity contribution in [3.05, 3.63) is 65.7 Å². The van der Waals surface area contributed by atoms with E-state index in [-0.39, 0.29) is 6.42 Å². The van der Waals surface area contributed by atoms with Crippen LogP contribution in [0.2, 0.25) is 0 Å². The highest BCUT2D eigenvalue weighted by molar-refractivity contribution is 5.66. The van der Waals surface area contributed by atoms with E-state index in [0.717, 1.165) is 16.9 Å². The van der Waals surface area contributed by atoms with Crippen LogP contribution < -0.4 is 10.1 Å². The lowest BCUT2D eigenvalue weighted by atomic mass is 10.2. The van der Waals surface area contributed by atoms with Crippen molar-refractivity contribution < 1.29 is 14.6 Å². The fraction of sp³-hybridized carbons (Fsp3) is 0.235. The molecule has 0 unspecified atom stereocenters. The molecular formula is C17H19NO3. The predicted molar refractivity (Wildman–Crippen MR) is 81.2 cm³/mol. The highest BCUT2D eigenvalue weighted by Crippen LogP contribution is 2.19.